The van der Waals surface area contributed by atoms with E-state index in [1.165, 1.54) is 0 Å². The zero-order valence-corrected chi connectivity index (χ0v) is 14.0. The Balaban J connectivity index is 2.75. The van der Waals surface area contributed by atoms with Crippen LogP contribution in [0, 0.1) is 5.82 Å². The topological polar surface area (TPSA) is 101 Å². The Morgan fingerprint density at radius 2 is 2.05 bits per heavy atom. The first-order valence-corrected chi connectivity index (χ1v) is 8.44. The molecule has 1 aromatic rings. The van der Waals surface area contributed by atoms with E-state index in [1.807, 2.05) is 0 Å². The molecule has 0 unspecified atom stereocenters. The second-order valence-corrected chi connectivity index (χ2v) is 7.26. The van der Waals surface area contributed by atoms with Crippen molar-refractivity contribution in [2.75, 3.05) is 12.3 Å². The highest BCUT2D eigenvalue weighted by Gasteiger charge is 2.19. The van der Waals surface area contributed by atoms with Crippen LogP contribution in [-0.2, 0) is 14.8 Å². The number of halogens is 2. The Morgan fingerprint density at radius 1 is 1.43 bits per heavy atom. The summed E-state index contributed by atoms with van der Waals surface area (Å²) in [7, 11) is -3.88. The average molecular weight is 382 g/mol. The molecule has 0 atom stereocenters. The third-order valence-electron chi connectivity index (χ3n) is 2.43. The monoisotopic (exact) mass is 381 g/mol. The normalized spacial score (nSPS) is 11.7. The Bertz CT molecular complexity index is 635. The maximum atomic E-state index is 13.2. The first-order valence-electron chi connectivity index (χ1n) is 6.17. The molecule has 0 spiro atoms. The summed E-state index contributed by atoms with van der Waals surface area (Å²) in [4.78, 5) is 11.2. The van der Waals surface area contributed by atoms with E-state index in [4.69, 9.17) is 5.73 Å². The number of amides is 1. The van der Waals surface area contributed by atoms with Gasteiger partial charge in [0, 0.05) is 23.5 Å². The zero-order chi connectivity index (χ0) is 16.2. The molecule has 9 heteroatoms. The molecular weight excluding hydrogens is 365 g/mol. The van der Waals surface area contributed by atoms with Crippen molar-refractivity contribution < 1.29 is 17.6 Å². The van der Waals surface area contributed by atoms with E-state index < -0.39 is 15.8 Å². The van der Waals surface area contributed by atoms with Gasteiger partial charge in [-0.1, -0.05) is 0 Å². The van der Waals surface area contributed by atoms with Gasteiger partial charge in [0.15, 0.2) is 0 Å². The standard InChI is InChI=1S/C12H17BrFN3O3S/c1-7(2)17-12(18)3-4-16-21(19,20)11-6-10(15)9(14)5-8(11)13/h5-7,16H,3-4,15H2,1-2H3,(H,17,18). The van der Waals surface area contributed by atoms with Crippen LogP contribution in [0.15, 0.2) is 21.5 Å². The summed E-state index contributed by atoms with van der Waals surface area (Å²) < 4.78 is 39.7. The van der Waals surface area contributed by atoms with Crippen molar-refractivity contribution in [1.29, 1.82) is 0 Å². The summed E-state index contributed by atoms with van der Waals surface area (Å²) in [6, 6.07) is 1.99. The molecule has 0 radical (unpaired) electrons. The molecule has 0 aromatic heterocycles. The molecule has 1 aromatic carbocycles. The second-order valence-electron chi connectivity index (χ2n) is 4.67. The first kappa shape index (κ1) is 17.9. The van der Waals surface area contributed by atoms with Crippen LogP contribution in [0.2, 0.25) is 0 Å². The summed E-state index contributed by atoms with van der Waals surface area (Å²) >= 11 is 2.98. The molecule has 118 valence electrons. The molecule has 0 fully saturated rings. The summed E-state index contributed by atoms with van der Waals surface area (Å²) in [6.45, 7) is 3.55. The Hall–Kier alpha value is -1.19. The first-order chi connectivity index (χ1) is 9.63. The third-order valence-corrected chi connectivity index (χ3v) is 4.85. The Morgan fingerprint density at radius 3 is 2.62 bits per heavy atom. The van der Waals surface area contributed by atoms with E-state index in [0.717, 1.165) is 12.1 Å². The molecule has 0 aliphatic rings. The Kier molecular flexibility index (Phi) is 6.11. The van der Waals surface area contributed by atoms with Gasteiger partial charge in [-0.3, -0.25) is 4.79 Å². The molecule has 1 rings (SSSR count). The van der Waals surface area contributed by atoms with Crippen LogP contribution in [0.3, 0.4) is 0 Å². The molecule has 1 amide bonds. The molecule has 0 aliphatic carbocycles. The molecule has 6 nitrogen and oxygen atoms in total. The lowest BCUT2D eigenvalue weighted by Gasteiger charge is -2.11. The van der Waals surface area contributed by atoms with Crippen LogP contribution in [0.5, 0.6) is 0 Å². The number of rotatable bonds is 6. The molecular formula is C12H17BrFN3O3S. The summed E-state index contributed by atoms with van der Waals surface area (Å²) in [5.74, 6) is -0.970. The second kappa shape index (κ2) is 7.19. The number of nitrogen functional groups attached to an aromatic ring is 1. The number of hydrogen-bond acceptors (Lipinski definition) is 4. The number of carbonyl (C=O) groups excluding carboxylic acids is 1. The minimum Gasteiger partial charge on any atom is -0.396 e. The van der Waals surface area contributed by atoms with Gasteiger partial charge in [-0.25, -0.2) is 17.5 Å². The van der Waals surface area contributed by atoms with E-state index in [1.54, 1.807) is 13.8 Å². The van der Waals surface area contributed by atoms with Gasteiger partial charge in [0.25, 0.3) is 0 Å². The fourth-order valence-electron chi connectivity index (χ4n) is 1.52. The van der Waals surface area contributed by atoms with Crippen molar-refractivity contribution in [3.05, 3.63) is 22.4 Å². The number of anilines is 1. The fourth-order valence-corrected chi connectivity index (χ4v) is 3.60. The lowest BCUT2D eigenvalue weighted by Crippen LogP contribution is -2.34. The van der Waals surface area contributed by atoms with Crippen LogP contribution < -0.4 is 15.8 Å². The van der Waals surface area contributed by atoms with E-state index in [2.05, 4.69) is 26.0 Å². The molecule has 0 aliphatic heterocycles. The molecule has 0 saturated heterocycles. The number of sulfonamides is 1. The highest BCUT2D eigenvalue weighted by molar-refractivity contribution is 9.10. The maximum absolute atomic E-state index is 13.2. The van der Waals surface area contributed by atoms with Gasteiger partial charge in [0.05, 0.1) is 10.6 Å². The highest BCUT2D eigenvalue weighted by atomic mass is 79.9. The zero-order valence-electron chi connectivity index (χ0n) is 11.6. The lowest BCUT2D eigenvalue weighted by atomic mass is 10.3. The van der Waals surface area contributed by atoms with Gasteiger partial charge in [-0.2, -0.15) is 0 Å². The van der Waals surface area contributed by atoms with Crippen molar-refractivity contribution in [1.82, 2.24) is 10.0 Å². The van der Waals surface area contributed by atoms with Crippen LogP contribution in [0.4, 0.5) is 10.1 Å². The summed E-state index contributed by atoms with van der Waals surface area (Å²) in [5.41, 5.74) is 5.10. The minimum absolute atomic E-state index is 0.00566. The van der Waals surface area contributed by atoms with E-state index in [9.17, 15) is 17.6 Å². The van der Waals surface area contributed by atoms with E-state index in [0.29, 0.717) is 0 Å². The smallest absolute Gasteiger partial charge is 0.241 e. The lowest BCUT2D eigenvalue weighted by molar-refractivity contribution is -0.121. The average Bonchev–Trinajstić information content (AvgIpc) is 2.32. The SMILES string of the molecule is CC(C)NC(=O)CCNS(=O)(=O)c1cc(N)c(F)cc1Br. The number of carbonyl (C=O) groups is 1. The third kappa shape index (κ3) is 5.25. The van der Waals surface area contributed by atoms with Crippen molar-refractivity contribution in [3.63, 3.8) is 0 Å². The van der Waals surface area contributed by atoms with Gasteiger partial charge in [0.2, 0.25) is 15.9 Å². The molecule has 0 heterocycles. The van der Waals surface area contributed by atoms with E-state index >= 15 is 0 Å². The highest BCUT2D eigenvalue weighted by Crippen LogP contribution is 2.26. The maximum Gasteiger partial charge on any atom is 0.241 e. The molecule has 0 bridgehead atoms. The number of nitrogens with two attached hydrogens (primary N) is 1. The van der Waals surface area contributed by atoms with Crippen LogP contribution >= 0.6 is 15.9 Å². The van der Waals surface area contributed by atoms with Crippen molar-refractivity contribution >= 4 is 37.5 Å². The van der Waals surface area contributed by atoms with Crippen molar-refractivity contribution in [2.24, 2.45) is 0 Å². The van der Waals surface area contributed by atoms with Crippen molar-refractivity contribution in [3.8, 4) is 0 Å². The quantitative estimate of drug-likeness (QED) is 0.647. The van der Waals surface area contributed by atoms with Gasteiger partial charge in [-0.05, 0) is 41.9 Å². The van der Waals surface area contributed by atoms with Gasteiger partial charge < -0.3 is 11.1 Å². The minimum atomic E-state index is -3.88. The van der Waals surface area contributed by atoms with Gasteiger partial charge in [0.1, 0.15) is 5.82 Å². The molecule has 21 heavy (non-hydrogen) atoms. The van der Waals surface area contributed by atoms with Crippen LogP contribution in [0.1, 0.15) is 20.3 Å². The number of nitrogens with one attached hydrogen (secondary N) is 2. The number of benzene rings is 1. The largest absolute Gasteiger partial charge is 0.396 e. The fraction of sp³-hybridized carbons (Fsp3) is 0.417. The van der Waals surface area contributed by atoms with Gasteiger partial charge in [-0.15, -0.1) is 0 Å². The van der Waals surface area contributed by atoms with Crippen LogP contribution in [0.25, 0.3) is 0 Å². The molecule has 4 N–H and O–H groups in total. The summed E-state index contributed by atoms with van der Waals surface area (Å²) in [5, 5.41) is 2.64. The predicted octanol–water partition coefficient (Wildman–Crippen LogP) is 1.36. The van der Waals surface area contributed by atoms with E-state index in [-0.39, 0.29) is 40.0 Å². The Labute approximate surface area is 131 Å². The van der Waals surface area contributed by atoms with Crippen LogP contribution in [-0.4, -0.2) is 26.9 Å². The van der Waals surface area contributed by atoms with Gasteiger partial charge >= 0.3 is 0 Å². The number of hydrogen-bond donors (Lipinski definition) is 3. The molecule has 0 saturated carbocycles. The van der Waals surface area contributed by atoms with Crippen molar-refractivity contribution in [2.45, 2.75) is 31.2 Å². The predicted molar refractivity (Wildman–Crippen MR) is 81.6 cm³/mol. The summed E-state index contributed by atoms with van der Waals surface area (Å²) in [6.07, 6.45) is 0.00566.